The summed E-state index contributed by atoms with van der Waals surface area (Å²) in [6, 6.07) is 0. The van der Waals surface area contributed by atoms with E-state index in [0.717, 1.165) is 122 Å². The molecule has 1 atom stereocenters. The standard InChI is InChI=1S/C76H128O6/c1-4-7-10-13-16-19-22-25-28-30-31-32-33-34-35-36-37-38-39-40-41-42-43-44-45-47-48-51-54-57-60-63-66-69-75(78)81-72-73(71-80-74(77)68-65-62-59-56-53-50-27-24-21-18-15-12-9-6-3)82-76(79)70-67-64-61-58-55-52-49-46-29-26-23-20-17-14-11-8-5-2/h7,10,16,19,25,28,31-32,34-35,37-38,40-41,43-44,47-48,54,57,73H,4-6,8-9,11-15,17-18,20-24,26-27,29-30,33,36,39,42,45-46,49-53,55-56,58-72H2,1-3H3/b10-7-,19-16-,28-25-,32-31-,35-34-,38-37-,41-40-,44-43-,48-47-,57-54-. The van der Waals surface area contributed by atoms with Gasteiger partial charge in [-0.3, -0.25) is 14.4 Å². The van der Waals surface area contributed by atoms with Crippen molar-refractivity contribution in [2.24, 2.45) is 0 Å². The van der Waals surface area contributed by atoms with E-state index in [2.05, 4.69) is 142 Å². The van der Waals surface area contributed by atoms with Crippen LogP contribution in [0.2, 0.25) is 0 Å². The van der Waals surface area contributed by atoms with Gasteiger partial charge in [0.1, 0.15) is 13.2 Å². The Labute approximate surface area is 507 Å². The summed E-state index contributed by atoms with van der Waals surface area (Å²) in [5, 5.41) is 0. The van der Waals surface area contributed by atoms with E-state index < -0.39 is 6.10 Å². The van der Waals surface area contributed by atoms with E-state index in [1.807, 2.05) is 0 Å². The molecule has 0 aliphatic carbocycles. The Hall–Kier alpha value is -4.19. The lowest BCUT2D eigenvalue weighted by molar-refractivity contribution is -0.167. The van der Waals surface area contributed by atoms with Gasteiger partial charge in [-0.15, -0.1) is 0 Å². The van der Waals surface area contributed by atoms with Crippen LogP contribution in [-0.4, -0.2) is 37.2 Å². The lowest BCUT2D eigenvalue weighted by atomic mass is 10.0. The van der Waals surface area contributed by atoms with Crippen LogP contribution in [0.5, 0.6) is 0 Å². The van der Waals surface area contributed by atoms with Crippen LogP contribution >= 0.6 is 0 Å². The summed E-state index contributed by atoms with van der Waals surface area (Å²) >= 11 is 0. The van der Waals surface area contributed by atoms with Crippen molar-refractivity contribution in [1.82, 2.24) is 0 Å². The number of carbonyl (C=O) groups is 3. The molecule has 0 saturated carbocycles. The van der Waals surface area contributed by atoms with Gasteiger partial charge in [-0.25, -0.2) is 0 Å². The molecule has 0 aliphatic heterocycles. The van der Waals surface area contributed by atoms with E-state index in [9.17, 15) is 14.4 Å². The summed E-state index contributed by atoms with van der Waals surface area (Å²) in [4.78, 5) is 38.4. The first-order chi connectivity index (χ1) is 40.5. The fourth-order valence-corrected chi connectivity index (χ4v) is 9.59. The Kier molecular flexibility index (Phi) is 65.8. The SMILES string of the molecule is CC/C=C\C/C=C\C/C=C\C/C=C\C/C=C\C/C=C\C/C=C\C/C=C\C/C=C\C/C=C\CCCCC(=O)OCC(COC(=O)CCCCCCCCCCCCCCCC)OC(=O)CCCCCCCCCCCCCCCCCCC. The van der Waals surface area contributed by atoms with Gasteiger partial charge < -0.3 is 14.2 Å². The molecule has 6 heteroatoms. The quantitative estimate of drug-likeness (QED) is 0.0261. The van der Waals surface area contributed by atoms with Gasteiger partial charge >= 0.3 is 17.9 Å². The molecule has 0 saturated heterocycles. The second kappa shape index (κ2) is 69.3. The van der Waals surface area contributed by atoms with Crippen molar-refractivity contribution in [3.05, 3.63) is 122 Å². The van der Waals surface area contributed by atoms with Crippen LogP contribution in [0.25, 0.3) is 0 Å². The fraction of sp³-hybridized carbons (Fsp3) is 0.697. The van der Waals surface area contributed by atoms with Gasteiger partial charge in [0.25, 0.3) is 0 Å². The first kappa shape index (κ1) is 77.8. The van der Waals surface area contributed by atoms with Gasteiger partial charge in [-0.1, -0.05) is 328 Å². The summed E-state index contributed by atoms with van der Waals surface area (Å²) in [5.74, 6) is -0.921. The zero-order valence-corrected chi connectivity index (χ0v) is 53.7. The average molecular weight is 1140 g/mol. The summed E-state index contributed by atoms with van der Waals surface area (Å²) in [6.45, 7) is 6.53. The molecule has 6 nitrogen and oxygen atoms in total. The Morgan fingerprint density at radius 3 is 0.744 bits per heavy atom. The van der Waals surface area contributed by atoms with E-state index in [1.54, 1.807) is 0 Å². The maximum absolute atomic E-state index is 12.9. The monoisotopic (exact) mass is 1140 g/mol. The molecule has 0 aromatic rings. The van der Waals surface area contributed by atoms with Crippen molar-refractivity contribution in [2.75, 3.05) is 13.2 Å². The third-order valence-corrected chi connectivity index (χ3v) is 14.7. The summed E-state index contributed by atoms with van der Waals surface area (Å²) in [5.41, 5.74) is 0. The van der Waals surface area contributed by atoms with E-state index in [1.165, 1.54) is 161 Å². The van der Waals surface area contributed by atoms with Gasteiger partial charge in [0.05, 0.1) is 0 Å². The van der Waals surface area contributed by atoms with E-state index >= 15 is 0 Å². The normalized spacial score (nSPS) is 12.9. The molecule has 0 heterocycles. The number of unbranched alkanes of at least 4 members (excludes halogenated alkanes) is 31. The smallest absolute Gasteiger partial charge is 0.306 e. The molecular weight excluding hydrogens is 1010 g/mol. The van der Waals surface area contributed by atoms with Crippen LogP contribution in [0, 0.1) is 0 Å². The van der Waals surface area contributed by atoms with Crippen molar-refractivity contribution >= 4 is 17.9 Å². The van der Waals surface area contributed by atoms with Crippen LogP contribution in [0.3, 0.4) is 0 Å². The zero-order chi connectivity index (χ0) is 59.2. The van der Waals surface area contributed by atoms with Gasteiger partial charge in [-0.2, -0.15) is 0 Å². The number of hydrogen-bond acceptors (Lipinski definition) is 6. The highest BCUT2D eigenvalue weighted by atomic mass is 16.6. The van der Waals surface area contributed by atoms with Crippen LogP contribution < -0.4 is 0 Å². The molecule has 0 aromatic heterocycles. The van der Waals surface area contributed by atoms with E-state index in [4.69, 9.17) is 14.2 Å². The highest BCUT2D eigenvalue weighted by molar-refractivity contribution is 5.71. The molecule has 0 radical (unpaired) electrons. The molecule has 82 heavy (non-hydrogen) atoms. The second-order valence-electron chi connectivity index (χ2n) is 22.7. The Morgan fingerprint density at radius 2 is 0.476 bits per heavy atom. The molecule has 0 aromatic carbocycles. The van der Waals surface area contributed by atoms with E-state index in [0.29, 0.717) is 19.3 Å². The van der Waals surface area contributed by atoms with Crippen LogP contribution in [0.4, 0.5) is 0 Å². The predicted octanol–water partition coefficient (Wildman–Crippen LogP) is 23.9. The number of ether oxygens (including phenoxy) is 3. The summed E-state index contributed by atoms with van der Waals surface area (Å²) < 4.78 is 16.9. The Balaban J connectivity index is 4.37. The maximum Gasteiger partial charge on any atom is 0.306 e. The minimum absolute atomic E-state index is 0.0886. The van der Waals surface area contributed by atoms with Gasteiger partial charge in [-0.05, 0) is 96.3 Å². The van der Waals surface area contributed by atoms with Crippen molar-refractivity contribution < 1.29 is 28.6 Å². The zero-order valence-electron chi connectivity index (χ0n) is 53.7. The number of esters is 3. The lowest BCUT2D eigenvalue weighted by Crippen LogP contribution is -2.30. The predicted molar refractivity (Wildman–Crippen MR) is 357 cm³/mol. The third-order valence-electron chi connectivity index (χ3n) is 14.7. The number of carbonyl (C=O) groups excluding carboxylic acids is 3. The Morgan fingerprint density at radius 1 is 0.256 bits per heavy atom. The largest absolute Gasteiger partial charge is 0.462 e. The van der Waals surface area contributed by atoms with E-state index in [-0.39, 0.29) is 31.1 Å². The topological polar surface area (TPSA) is 78.9 Å². The first-order valence-electron chi connectivity index (χ1n) is 34.5. The van der Waals surface area contributed by atoms with Gasteiger partial charge in [0.2, 0.25) is 0 Å². The highest BCUT2D eigenvalue weighted by Crippen LogP contribution is 2.17. The van der Waals surface area contributed by atoms with Crippen LogP contribution in [0.15, 0.2) is 122 Å². The highest BCUT2D eigenvalue weighted by Gasteiger charge is 2.19. The molecule has 0 bridgehead atoms. The molecule has 468 valence electrons. The number of rotatable bonds is 62. The van der Waals surface area contributed by atoms with Crippen LogP contribution in [0.1, 0.15) is 323 Å². The maximum atomic E-state index is 12.9. The van der Waals surface area contributed by atoms with Crippen molar-refractivity contribution in [2.45, 2.75) is 329 Å². The van der Waals surface area contributed by atoms with Gasteiger partial charge in [0.15, 0.2) is 6.10 Å². The number of hydrogen-bond donors (Lipinski definition) is 0. The minimum atomic E-state index is -0.796. The third kappa shape index (κ3) is 66.6. The fourth-order valence-electron chi connectivity index (χ4n) is 9.59. The van der Waals surface area contributed by atoms with Crippen molar-refractivity contribution in [3.63, 3.8) is 0 Å². The number of allylic oxidation sites excluding steroid dienone is 20. The summed E-state index contributed by atoms with van der Waals surface area (Å²) in [6.07, 6.45) is 96.5. The molecule has 0 spiro atoms. The summed E-state index contributed by atoms with van der Waals surface area (Å²) in [7, 11) is 0. The molecule has 0 N–H and O–H groups in total. The second-order valence-corrected chi connectivity index (χ2v) is 22.7. The molecule has 1 unspecified atom stereocenters. The average Bonchev–Trinajstić information content (AvgIpc) is 3.47. The molecule has 0 rings (SSSR count). The Bertz CT molecular complexity index is 1690. The molecule has 0 amide bonds. The molecule has 0 fully saturated rings. The lowest BCUT2D eigenvalue weighted by Gasteiger charge is -2.18. The van der Waals surface area contributed by atoms with Crippen molar-refractivity contribution in [1.29, 1.82) is 0 Å². The van der Waals surface area contributed by atoms with Crippen molar-refractivity contribution in [3.8, 4) is 0 Å². The van der Waals surface area contributed by atoms with Gasteiger partial charge in [0, 0.05) is 19.3 Å². The molecular formula is C76H128O6. The van der Waals surface area contributed by atoms with Crippen LogP contribution in [-0.2, 0) is 28.6 Å². The minimum Gasteiger partial charge on any atom is -0.462 e. The first-order valence-corrected chi connectivity index (χ1v) is 34.5. The molecule has 0 aliphatic rings.